The minimum atomic E-state index is -1.17. The number of benzene rings is 1. The van der Waals surface area contributed by atoms with Crippen LogP contribution in [0.5, 0.6) is 0 Å². The first kappa shape index (κ1) is 15.0. The number of urea groups is 1. The number of carbonyl (C=O) groups excluding carboxylic acids is 1. The van der Waals surface area contributed by atoms with Crippen LogP contribution in [0.25, 0.3) is 0 Å². The second kappa shape index (κ2) is 6.75. The Hall–Kier alpha value is -2.08. The fourth-order valence-corrected chi connectivity index (χ4v) is 1.52. The van der Waals surface area contributed by atoms with Gasteiger partial charge >= 0.3 is 12.0 Å². The summed E-state index contributed by atoms with van der Waals surface area (Å²) < 4.78 is 0. The van der Waals surface area contributed by atoms with E-state index in [9.17, 15) is 9.59 Å². The van der Waals surface area contributed by atoms with Crippen LogP contribution in [-0.2, 0) is 4.79 Å². The second-order valence-electron chi connectivity index (χ2n) is 4.25. The van der Waals surface area contributed by atoms with Gasteiger partial charge in [-0.2, -0.15) is 0 Å². The molecule has 0 heterocycles. The molecule has 19 heavy (non-hydrogen) atoms. The summed E-state index contributed by atoms with van der Waals surface area (Å²) in [7, 11) is 1.55. The monoisotopic (exact) mass is 266 g/mol. The average molecular weight is 266 g/mol. The minimum absolute atomic E-state index is 0.0250. The predicted octanol–water partition coefficient (Wildman–Crippen LogP) is 0.976. The quantitative estimate of drug-likeness (QED) is 0.741. The van der Waals surface area contributed by atoms with E-state index in [1.807, 2.05) is 19.1 Å². The first-order valence-electron chi connectivity index (χ1n) is 5.90. The summed E-state index contributed by atoms with van der Waals surface area (Å²) in [6.07, 6.45) is -0.0250. The first-order valence-corrected chi connectivity index (χ1v) is 5.90. The molecule has 0 aliphatic heterocycles. The average Bonchev–Trinajstić information content (AvgIpc) is 2.38. The van der Waals surface area contributed by atoms with E-state index in [1.165, 1.54) is 4.90 Å². The second-order valence-corrected chi connectivity index (χ2v) is 4.25. The number of carboxylic acids is 1. The van der Waals surface area contributed by atoms with E-state index in [0.717, 1.165) is 5.56 Å². The molecule has 0 saturated heterocycles. The van der Waals surface area contributed by atoms with E-state index in [1.54, 1.807) is 19.2 Å². The van der Waals surface area contributed by atoms with Crippen molar-refractivity contribution in [3.8, 4) is 0 Å². The highest BCUT2D eigenvalue weighted by Gasteiger charge is 2.21. The van der Waals surface area contributed by atoms with Crippen molar-refractivity contribution in [3.05, 3.63) is 29.8 Å². The van der Waals surface area contributed by atoms with Crippen molar-refractivity contribution in [2.24, 2.45) is 0 Å². The molecule has 0 spiro atoms. The molecule has 0 aromatic heterocycles. The normalized spacial score (nSPS) is 11.7. The third kappa shape index (κ3) is 4.26. The van der Waals surface area contributed by atoms with Crippen molar-refractivity contribution in [3.63, 3.8) is 0 Å². The van der Waals surface area contributed by atoms with Gasteiger partial charge in [-0.1, -0.05) is 17.7 Å². The molecule has 6 heteroatoms. The van der Waals surface area contributed by atoms with Gasteiger partial charge < -0.3 is 15.5 Å². The van der Waals surface area contributed by atoms with Crippen molar-refractivity contribution in [2.45, 2.75) is 19.4 Å². The third-order valence-corrected chi connectivity index (χ3v) is 2.74. The summed E-state index contributed by atoms with van der Waals surface area (Å²) >= 11 is 0. The Bertz CT molecular complexity index is 444. The molecule has 1 unspecified atom stereocenters. The van der Waals surface area contributed by atoms with Crippen LogP contribution in [0.3, 0.4) is 0 Å². The van der Waals surface area contributed by atoms with Crippen LogP contribution >= 0.6 is 0 Å². The molecular weight excluding hydrogens is 248 g/mol. The largest absolute Gasteiger partial charge is 0.480 e. The smallest absolute Gasteiger partial charge is 0.326 e. The minimum Gasteiger partial charge on any atom is -0.480 e. The van der Waals surface area contributed by atoms with Gasteiger partial charge in [0.2, 0.25) is 0 Å². The van der Waals surface area contributed by atoms with E-state index in [-0.39, 0.29) is 13.0 Å². The Morgan fingerprint density at radius 3 is 2.37 bits per heavy atom. The summed E-state index contributed by atoms with van der Waals surface area (Å²) in [5.41, 5.74) is 1.73. The third-order valence-electron chi connectivity index (χ3n) is 2.74. The zero-order chi connectivity index (χ0) is 14.4. The van der Waals surface area contributed by atoms with Gasteiger partial charge in [-0.3, -0.25) is 4.90 Å². The van der Waals surface area contributed by atoms with Gasteiger partial charge in [0.15, 0.2) is 0 Å². The SMILES string of the molecule is Cc1ccc(N(C)C(=O)NC(CCO)C(=O)O)cc1. The van der Waals surface area contributed by atoms with Crippen LogP contribution in [0, 0.1) is 6.92 Å². The molecule has 1 rings (SSSR count). The van der Waals surface area contributed by atoms with E-state index in [4.69, 9.17) is 10.2 Å². The van der Waals surface area contributed by atoms with Crippen LogP contribution in [-0.4, -0.2) is 41.9 Å². The van der Waals surface area contributed by atoms with Crippen LogP contribution in [0.4, 0.5) is 10.5 Å². The summed E-state index contributed by atoms with van der Waals surface area (Å²) in [4.78, 5) is 24.1. The number of nitrogens with zero attached hydrogens (tertiary/aromatic N) is 1. The number of aliphatic hydroxyl groups is 1. The van der Waals surface area contributed by atoms with E-state index in [2.05, 4.69) is 5.32 Å². The number of hydrogen-bond donors (Lipinski definition) is 3. The van der Waals surface area contributed by atoms with Gasteiger partial charge in [0.05, 0.1) is 0 Å². The van der Waals surface area contributed by atoms with Gasteiger partial charge in [-0.25, -0.2) is 9.59 Å². The summed E-state index contributed by atoms with van der Waals surface area (Å²) in [6, 6.07) is 5.66. The molecule has 1 aromatic carbocycles. The Morgan fingerprint density at radius 1 is 1.32 bits per heavy atom. The fourth-order valence-electron chi connectivity index (χ4n) is 1.52. The highest BCUT2D eigenvalue weighted by atomic mass is 16.4. The van der Waals surface area contributed by atoms with Crippen molar-refractivity contribution in [2.75, 3.05) is 18.6 Å². The first-order chi connectivity index (χ1) is 8.95. The number of anilines is 1. The molecule has 2 amide bonds. The number of aliphatic carboxylic acids is 1. The Balaban J connectivity index is 2.71. The molecule has 0 bridgehead atoms. The van der Waals surface area contributed by atoms with Gasteiger partial charge in [0.25, 0.3) is 0 Å². The lowest BCUT2D eigenvalue weighted by atomic mass is 10.2. The standard InChI is InChI=1S/C13H18N2O4/c1-9-3-5-10(6-4-9)15(2)13(19)14-11(7-8-16)12(17)18/h3-6,11,16H,7-8H2,1-2H3,(H,14,19)(H,17,18). The van der Waals surface area contributed by atoms with Crippen molar-refractivity contribution in [1.29, 1.82) is 0 Å². The Morgan fingerprint density at radius 2 is 1.89 bits per heavy atom. The van der Waals surface area contributed by atoms with E-state index >= 15 is 0 Å². The number of amides is 2. The lowest BCUT2D eigenvalue weighted by Gasteiger charge is -2.21. The van der Waals surface area contributed by atoms with Crippen LogP contribution in [0.2, 0.25) is 0 Å². The summed E-state index contributed by atoms with van der Waals surface area (Å²) in [5.74, 6) is -1.17. The molecule has 3 N–H and O–H groups in total. The van der Waals surface area contributed by atoms with Crippen molar-refractivity contribution < 1.29 is 19.8 Å². The van der Waals surface area contributed by atoms with Gasteiger partial charge in [-0.15, -0.1) is 0 Å². The summed E-state index contributed by atoms with van der Waals surface area (Å²) in [5, 5.41) is 20.0. The number of carboxylic acid groups (broad SMARTS) is 1. The molecule has 0 fully saturated rings. The lowest BCUT2D eigenvalue weighted by molar-refractivity contribution is -0.139. The van der Waals surface area contributed by atoms with Crippen LogP contribution in [0.15, 0.2) is 24.3 Å². The van der Waals surface area contributed by atoms with Crippen molar-refractivity contribution >= 4 is 17.7 Å². The fraction of sp³-hybridized carbons (Fsp3) is 0.385. The zero-order valence-electron chi connectivity index (χ0n) is 11.0. The molecule has 0 saturated carbocycles. The number of hydrogen-bond acceptors (Lipinski definition) is 3. The number of nitrogens with one attached hydrogen (secondary N) is 1. The highest BCUT2D eigenvalue weighted by Crippen LogP contribution is 2.13. The van der Waals surface area contributed by atoms with Gasteiger partial charge in [0.1, 0.15) is 6.04 Å². The summed E-state index contributed by atoms with van der Waals surface area (Å²) in [6.45, 7) is 1.64. The maximum Gasteiger partial charge on any atom is 0.326 e. The van der Waals surface area contributed by atoms with E-state index in [0.29, 0.717) is 5.69 Å². The number of carbonyl (C=O) groups is 2. The number of aryl methyl sites for hydroxylation is 1. The maximum atomic E-state index is 11.9. The topological polar surface area (TPSA) is 89.9 Å². The Labute approximate surface area is 111 Å². The molecule has 0 radical (unpaired) electrons. The highest BCUT2D eigenvalue weighted by molar-refractivity contribution is 5.93. The van der Waals surface area contributed by atoms with Gasteiger partial charge in [0, 0.05) is 25.8 Å². The van der Waals surface area contributed by atoms with Gasteiger partial charge in [-0.05, 0) is 19.1 Å². The molecule has 0 aliphatic rings. The lowest BCUT2D eigenvalue weighted by Crippen LogP contribution is -2.47. The van der Waals surface area contributed by atoms with E-state index < -0.39 is 18.0 Å². The molecule has 0 aliphatic carbocycles. The molecule has 1 aromatic rings. The Kier molecular flexibility index (Phi) is 5.32. The number of aliphatic hydroxyl groups excluding tert-OH is 1. The van der Waals surface area contributed by atoms with Crippen LogP contribution < -0.4 is 10.2 Å². The van der Waals surface area contributed by atoms with Crippen molar-refractivity contribution in [1.82, 2.24) is 5.32 Å². The molecular formula is C13H18N2O4. The zero-order valence-corrected chi connectivity index (χ0v) is 11.0. The number of rotatable bonds is 5. The predicted molar refractivity (Wildman–Crippen MR) is 71.2 cm³/mol. The molecule has 1 atom stereocenters. The molecule has 6 nitrogen and oxygen atoms in total. The van der Waals surface area contributed by atoms with Crippen LogP contribution in [0.1, 0.15) is 12.0 Å². The molecule has 104 valence electrons. The maximum absolute atomic E-state index is 11.9.